The van der Waals surface area contributed by atoms with Crippen molar-refractivity contribution in [2.24, 2.45) is 17.8 Å². The van der Waals surface area contributed by atoms with Crippen LogP contribution in [-0.4, -0.2) is 6.54 Å². The Hall–Kier alpha value is -0.410. The molecule has 0 amide bonds. The zero-order chi connectivity index (χ0) is 14.7. The van der Waals surface area contributed by atoms with Crippen molar-refractivity contribution < 1.29 is 4.39 Å². The summed E-state index contributed by atoms with van der Waals surface area (Å²) < 4.78 is 14.0. The minimum atomic E-state index is -0.186. The Balaban J connectivity index is 2.19. The third-order valence-electron chi connectivity index (χ3n) is 4.84. The summed E-state index contributed by atoms with van der Waals surface area (Å²) >= 11 is 3.31. The van der Waals surface area contributed by atoms with E-state index < -0.39 is 0 Å². The molecule has 0 radical (unpaired) electrons. The predicted octanol–water partition coefficient (Wildman–Crippen LogP) is 5.31. The van der Waals surface area contributed by atoms with E-state index >= 15 is 0 Å². The number of hydrogen-bond acceptors (Lipinski definition) is 1. The van der Waals surface area contributed by atoms with Gasteiger partial charge in [0, 0.05) is 6.04 Å². The van der Waals surface area contributed by atoms with Crippen molar-refractivity contribution in [2.45, 2.75) is 46.1 Å². The molecule has 0 heterocycles. The summed E-state index contributed by atoms with van der Waals surface area (Å²) in [6.45, 7) is 7.80. The van der Waals surface area contributed by atoms with Gasteiger partial charge in [-0.05, 0) is 70.8 Å². The van der Waals surface area contributed by atoms with E-state index in [2.05, 4.69) is 42.0 Å². The molecule has 0 saturated heterocycles. The first-order valence-corrected chi connectivity index (χ1v) is 8.50. The minimum Gasteiger partial charge on any atom is -0.310 e. The molecule has 1 aliphatic rings. The highest BCUT2D eigenvalue weighted by atomic mass is 79.9. The maximum Gasteiger partial charge on any atom is 0.137 e. The standard InChI is InChI=1S/C17H25BrFN/c1-4-20-17(13-6-5-11(2)12(3)9-13)14-7-8-16(19)15(18)10-14/h7-8,10-13,17,20H,4-6,9H2,1-3H3. The van der Waals surface area contributed by atoms with Gasteiger partial charge in [0.25, 0.3) is 0 Å². The highest BCUT2D eigenvalue weighted by Gasteiger charge is 2.30. The second-order valence-corrected chi connectivity index (χ2v) is 7.09. The quantitative estimate of drug-likeness (QED) is 0.782. The topological polar surface area (TPSA) is 12.0 Å². The number of rotatable bonds is 4. The first kappa shape index (κ1) is 16.0. The van der Waals surface area contributed by atoms with Crippen molar-refractivity contribution in [1.82, 2.24) is 5.32 Å². The van der Waals surface area contributed by atoms with Gasteiger partial charge < -0.3 is 5.32 Å². The molecule has 112 valence electrons. The summed E-state index contributed by atoms with van der Waals surface area (Å²) in [6, 6.07) is 5.77. The maximum absolute atomic E-state index is 13.4. The second-order valence-electron chi connectivity index (χ2n) is 6.24. The van der Waals surface area contributed by atoms with Crippen LogP contribution in [0.25, 0.3) is 0 Å². The molecule has 1 N–H and O–H groups in total. The molecule has 0 aromatic heterocycles. The summed E-state index contributed by atoms with van der Waals surface area (Å²) in [6.07, 6.45) is 3.82. The number of hydrogen-bond donors (Lipinski definition) is 1. The molecule has 1 aromatic carbocycles. The van der Waals surface area contributed by atoms with E-state index in [1.165, 1.54) is 24.8 Å². The lowest BCUT2D eigenvalue weighted by molar-refractivity contribution is 0.172. The van der Waals surface area contributed by atoms with Crippen LogP contribution < -0.4 is 5.32 Å². The molecule has 3 heteroatoms. The first-order valence-electron chi connectivity index (χ1n) is 7.71. The molecule has 1 aliphatic carbocycles. The molecule has 0 bridgehead atoms. The van der Waals surface area contributed by atoms with Gasteiger partial charge in [-0.15, -0.1) is 0 Å². The van der Waals surface area contributed by atoms with Crippen LogP contribution in [-0.2, 0) is 0 Å². The Morgan fingerprint density at radius 2 is 2.05 bits per heavy atom. The molecule has 1 aromatic rings. The van der Waals surface area contributed by atoms with Crippen molar-refractivity contribution in [2.75, 3.05) is 6.54 Å². The molecule has 0 aliphatic heterocycles. The van der Waals surface area contributed by atoms with Crippen LogP contribution in [0.5, 0.6) is 0 Å². The van der Waals surface area contributed by atoms with E-state index in [0.717, 1.165) is 18.4 Å². The maximum atomic E-state index is 13.4. The van der Waals surface area contributed by atoms with E-state index in [1.54, 1.807) is 6.07 Å². The molecule has 1 saturated carbocycles. The summed E-state index contributed by atoms with van der Waals surface area (Å²) in [5, 5.41) is 3.61. The molecular weight excluding hydrogens is 317 g/mol. The largest absolute Gasteiger partial charge is 0.310 e. The average molecular weight is 342 g/mol. The number of benzene rings is 1. The molecule has 1 fully saturated rings. The molecule has 20 heavy (non-hydrogen) atoms. The van der Waals surface area contributed by atoms with Crippen LogP contribution in [0.2, 0.25) is 0 Å². The Morgan fingerprint density at radius 1 is 1.30 bits per heavy atom. The van der Waals surface area contributed by atoms with Crippen LogP contribution in [0.3, 0.4) is 0 Å². The van der Waals surface area contributed by atoms with Gasteiger partial charge >= 0.3 is 0 Å². The highest BCUT2D eigenvalue weighted by Crippen LogP contribution is 2.40. The minimum absolute atomic E-state index is 0.186. The highest BCUT2D eigenvalue weighted by molar-refractivity contribution is 9.10. The van der Waals surface area contributed by atoms with Crippen molar-refractivity contribution in [1.29, 1.82) is 0 Å². The fourth-order valence-electron chi connectivity index (χ4n) is 3.37. The average Bonchev–Trinajstić information content (AvgIpc) is 2.43. The van der Waals surface area contributed by atoms with Gasteiger partial charge in [-0.2, -0.15) is 0 Å². The van der Waals surface area contributed by atoms with Crippen LogP contribution in [0, 0.1) is 23.6 Å². The Kier molecular flexibility index (Phi) is 5.62. The van der Waals surface area contributed by atoms with Gasteiger partial charge in [0.2, 0.25) is 0 Å². The van der Waals surface area contributed by atoms with Gasteiger partial charge in [0.05, 0.1) is 4.47 Å². The Bertz CT molecular complexity index is 449. The van der Waals surface area contributed by atoms with Crippen molar-refractivity contribution >= 4 is 15.9 Å². The molecule has 1 nitrogen and oxygen atoms in total. The zero-order valence-electron chi connectivity index (χ0n) is 12.6. The molecular formula is C17H25BrFN. The van der Waals surface area contributed by atoms with Crippen LogP contribution in [0.4, 0.5) is 4.39 Å². The third kappa shape index (κ3) is 3.62. The summed E-state index contributed by atoms with van der Waals surface area (Å²) in [7, 11) is 0. The smallest absolute Gasteiger partial charge is 0.137 e. The van der Waals surface area contributed by atoms with E-state index in [1.807, 2.05) is 12.1 Å². The van der Waals surface area contributed by atoms with Crippen molar-refractivity contribution in [3.63, 3.8) is 0 Å². The van der Waals surface area contributed by atoms with Gasteiger partial charge in [0.15, 0.2) is 0 Å². The van der Waals surface area contributed by atoms with E-state index in [4.69, 9.17) is 0 Å². The lowest BCUT2D eigenvalue weighted by Crippen LogP contribution is -2.33. The Morgan fingerprint density at radius 3 is 2.65 bits per heavy atom. The molecule has 4 atom stereocenters. The second kappa shape index (κ2) is 7.04. The van der Waals surface area contributed by atoms with Gasteiger partial charge in [-0.25, -0.2) is 4.39 Å². The summed E-state index contributed by atoms with van der Waals surface area (Å²) in [4.78, 5) is 0. The third-order valence-corrected chi connectivity index (χ3v) is 5.44. The van der Waals surface area contributed by atoms with Crippen LogP contribution >= 0.6 is 15.9 Å². The van der Waals surface area contributed by atoms with Gasteiger partial charge in [-0.1, -0.05) is 33.3 Å². The van der Waals surface area contributed by atoms with E-state index in [-0.39, 0.29) is 5.82 Å². The number of nitrogens with one attached hydrogen (secondary N) is 1. The van der Waals surface area contributed by atoms with E-state index in [9.17, 15) is 4.39 Å². The van der Waals surface area contributed by atoms with Crippen LogP contribution in [0.15, 0.2) is 22.7 Å². The van der Waals surface area contributed by atoms with Gasteiger partial charge in [0.1, 0.15) is 5.82 Å². The van der Waals surface area contributed by atoms with Gasteiger partial charge in [-0.3, -0.25) is 0 Å². The van der Waals surface area contributed by atoms with Crippen molar-refractivity contribution in [3.8, 4) is 0 Å². The molecule has 2 rings (SSSR count). The fraction of sp³-hybridized carbons (Fsp3) is 0.647. The van der Waals surface area contributed by atoms with Crippen LogP contribution in [0.1, 0.15) is 51.6 Å². The fourth-order valence-corrected chi connectivity index (χ4v) is 3.77. The summed E-state index contributed by atoms with van der Waals surface area (Å²) in [5.74, 6) is 2.07. The lowest BCUT2D eigenvalue weighted by Gasteiger charge is -2.37. The predicted molar refractivity (Wildman–Crippen MR) is 86.2 cm³/mol. The molecule has 4 unspecified atom stereocenters. The van der Waals surface area contributed by atoms with Crippen molar-refractivity contribution in [3.05, 3.63) is 34.1 Å². The molecule has 0 spiro atoms. The number of halogens is 2. The first-order chi connectivity index (χ1) is 9.52. The zero-order valence-corrected chi connectivity index (χ0v) is 14.2. The summed E-state index contributed by atoms with van der Waals surface area (Å²) in [5.41, 5.74) is 1.20. The lowest BCUT2D eigenvalue weighted by atomic mass is 9.72. The monoisotopic (exact) mass is 341 g/mol. The SMILES string of the molecule is CCNC(c1ccc(F)c(Br)c1)C1CCC(C)C(C)C1. The normalized spacial score (nSPS) is 28.4. The Labute approximate surface area is 130 Å². The van der Waals surface area contributed by atoms with E-state index in [0.29, 0.717) is 16.4 Å².